The number of halogens is 1. The minimum absolute atomic E-state index is 0. The summed E-state index contributed by atoms with van der Waals surface area (Å²) in [4.78, 5) is 3.98. The smallest absolute Gasteiger partial charge is 0.140 e. The molecule has 4 nitrogen and oxygen atoms in total. The van der Waals surface area contributed by atoms with Crippen molar-refractivity contribution in [3.8, 4) is 0 Å². The molecule has 0 atom stereocenters. The van der Waals surface area contributed by atoms with Crippen molar-refractivity contribution in [2.75, 3.05) is 0 Å². The number of rotatable bonds is 2. The lowest BCUT2D eigenvalue weighted by Crippen LogP contribution is -2.11. The molecule has 0 saturated carbocycles. The van der Waals surface area contributed by atoms with E-state index >= 15 is 0 Å². The van der Waals surface area contributed by atoms with Crippen LogP contribution in [0.5, 0.6) is 0 Å². The van der Waals surface area contributed by atoms with E-state index in [-0.39, 0.29) is 12.4 Å². The molecule has 5 heteroatoms. The fourth-order valence-electron chi connectivity index (χ4n) is 0.852. The summed E-state index contributed by atoms with van der Waals surface area (Å²) in [7, 11) is 0. The summed E-state index contributed by atoms with van der Waals surface area (Å²) in [5.41, 5.74) is 5.41. The van der Waals surface area contributed by atoms with Crippen LogP contribution in [0.4, 0.5) is 0 Å². The van der Waals surface area contributed by atoms with Crippen LogP contribution in [0.15, 0.2) is 6.33 Å². The van der Waals surface area contributed by atoms with Gasteiger partial charge >= 0.3 is 0 Å². The molecule has 0 aliphatic rings. The van der Waals surface area contributed by atoms with Gasteiger partial charge in [-0.3, -0.25) is 0 Å². The van der Waals surface area contributed by atoms with Crippen LogP contribution in [-0.2, 0) is 6.54 Å². The van der Waals surface area contributed by atoms with E-state index in [0.717, 1.165) is 5.82 Å². The maximum Gasteiger partial charge on any atom is 0.140 e. The summed E-state index contributed by atoms with van der Waals surface area (Å²) in [5, 5.41) is 4.01. The first-order valence-corrected chi connectivity index (χ1v) is 3.34. The molecule has 0 bridgehead atoms. The highest BCUT2D eigenvalue weighted by Gasteiger charge is 2.03. The summed E-state index contributed by atoms with van der Waals surface area (Å²) < 4.78 is 1.82. The summed E-state index contributed by atoms with van der Waals surface area (Å²) in [5.74, 6) is 0.843. The third-order valence-corrected chi connectivity index (χ3v) is 1.32. The van der Waals surface area contributed by atoms with Crippen molar-refractivity contribution in [1.82, 2.24) is 14.8 Å². The quantitative estimate of drug-likeness (QED) is 0.723. The summed E-state index contributed by atoms with van der Waals surface area (Å²) in [6.07, 6.45) is 1.53. The Morgan fingerprint density at radius 2 is 2.27 bits per heavy atom. The van der Waals surface area contributed by atoms with Crippen molar-refractivity contribution in [1.29, 1.82) is 0 Å². The van der Waals surface area contributed by atoms with Crippen molar-refractivity contribution in [3.05, 3.63) is 12.2 Å². The van der Waals surface area contributed by atoms with Crippen LogP contribution in [0.3, 0.4) is 0 Å². The largest absolute Gasteiger partial charge is 0.324 e. The molecule has 1 aromatic heterocycles. The molecule has 64 valence electrons. The van der Waals surface area contributed by atoms with E-state index in [1.807, 2.05) is 18.5 Å². The number of nitrogens with zero attached hydrogens (tertiary/aromatic N) is 3. The van der Waals surface area contributed by atoms with Gasteiger partial charge in [-0.05, 0) is 13.8 Å². The van der Waals surface area contributed by atoms with Crippen LogP contribution >= 0.6 is 12.4 Å². The Bertz CT molecular complexity index is 208. The van der Waals surface area contributed by atoms with Gasteiger partial charge in [0.25, 0.3) is 0 Å². The summed E-state index contributed by atoms with van der Waals surface area (Å²) >= 11 is 0. The molecule has 1 aromatic rings. The van der Waals surface area contributed by atoms with E-state index in [2.05, 4.69) is 10.1 Å². The van der Waals surface area contributed by atoms with Gasteiger partial charge in [0.1, 0.15) is 12.2 Å². The average Bonchev–Trinajstić information content (AvgIpc) is 2.33. The number of aromatic nitrogens is 3. The normalized spacial score (nSPS) is 9.82. The molecule has 0 aliphatic carbocycles. The number of hydrogen-bond donors (Lipinski definition) is 1. The molecule has 1 rings (SSSR count). The molecule has 1 heterocycles. The minimum Gasteiger partial charge on any atom is -0.324 e. The van der Waals surface area contributed by atoms with Crippen LogP contribution in [0.1, 0.15) is 25.7 Å². The molecule has 2 N–H and O–H groups in total. The van der Waals surface area contributed by atoms with Crippen molar-refractivity contribution in [2.24, 2.45) is 5.73 Å². The summed E-state index contributed by atoms with van der Waals surface area (Å²) in [6, 6.07) is 0.348. The van der Waals surface area contributed by atoms with Crippen molar-refractivity contribution in [3.63, 3.8) is 0 Å². The molecule has 0 radical (unpaired) electrons. The van der Waals surface area contributed by atoms with Crippen LogP contribution < -0.4 is 5.73 Å². The molecular formula is C6H13ClN4. The molecule has 0 aromatic carbocycles. The molecule has 0 unspecified atom stereocenters. The second-order valence-electron chi connectivity index (χ2n) is 2.42. The van der Waals surface area contributed by atoms with Gasteiger partial charge in [-0.15, -0.1) is 12.4 Å². The Labute approximate surface area is 72.2 Å². The van der Waals surface area contributed by atoms with Gasteiger partial charge in [-0.2, -0.15) is 5.10 Å². The number of hydrogen-bond acceptors (Lipinski definition) is 3. The zero-order chi connectivity index (χ0) is 7.56. The lowest BCUT2D eigenvalue weighted by Gasteiger charge is -2.06. The maximum absolute atomic E-state index is 5.41. The molecule has 11 heavy (non-hydrogen) atoms. The topological polar surface area (TPSA) is 56.7 Å². The summed E-state index contributed by atoms with van der Waals surface area (Å²) in [6.45, 7) is 4.56. The fraction of sp³-hybridized carbons (Fsp3) is 0.667. The second kappa shape index (κ2) is 4.31. The highest BCUT2D eigenvalue weighted by molar-refractivity contribution is 5.85. The third-order valence-electron chi connectivity index (χ3n) is 1.32. The molecule has 0 fully saturated rings. The standard InChI is InChI=1S/C6H12N4.ClH/c1-5(2)10-6(3-7)8-4-9-10;/h4-5H,3,7H2,1-2H3;1H. The van der Waals surface area contributed by atoms with Crippen LogP contribution in [0.2, 0.25) is 0 Å². The van der Waals surface area contributed by atoms with Gasteiger partial charge < -0.3 is 5.73 Å². The van der Waals surface area contributed by atoms with Crippen molar-refractivity contribution >= 4 is 12.4 Å². The van der Waals surface area contributed by atoms with E-state index in [1.165, 1.54) is 6.33 Å². The van der Waals surface area contributed by atoms with Crippen LogP contribution in [-0.4, -0.2) is 14.8 Å². The Hall–Kier alpha value is -0.610. The first kappa shape index (κ1) is 10.4. The second-order valence-corrected chi connectivity index (χ2v) is 2.42. The molecule has 0 saturated heterocycles. The molecule has 0 aliphatic heterocycles. The maximum atomic E-state index is 5.41. The lowest BCUT2D eigenvalue weighted by atomic mass is 10.4. The highest BCUT2D eigenvalue weighted by Crippen LogP contribution is 2.03. The van der Waals surface area contributed by atoms with Crippen LogP contribution in [0, 0.1) is 0 Å². The van der Waals surface area contributed by atoms with Gasteiger partial charge in [0.2, 0.25) is 0 Å². The monoisotopic (exact) mass is 176 g/mol. The SMILES string of the molecule is CC(C)n1ncnc1CN.Cl. The van der Waals surface area contributed by atoms with E-state index in [0.29, 0.717) is 12.6 Å². The molecule has 0 spiro atoms. The van der Waals surface area contributed by atoms with E-state index < -0.39 is 0 Å². The predicted octanol–water partition coefficient (Wildman–Crippen LogP) is 0.739. The van der Waals surface area contributed by atoms with Crippen molar-refractivity contribution in [2.45, 2.75) is 26.4 Å². The first-order valence-electron chi connectivity index (χ1n) is 3.34. The Morgan fingerprint density at radius 3 is 2.64 bits per heavy atom. The van der Waals surface area contributed by atoms with Crippen LogP contribution in [0.25, 0.3) is 0 Å². The van der Waals surface area contributed by atoms with Gasteiger partial charge in [0.05, 0.1) is 6.54 Å². The van der Waals surface area contributed by atoms with Gasteiger partial charge in [-0.25, -0.2) is 9.67 Å². The van der Waals surface area contributed by atoms with E-state index in [9.17, 15) is 0 Å². The minimum atomic E-state index is 0. The fourth-order valence-corrected chi connectivity index (χ4v) is 0.852. The van der Waals surface area contributed by atoms with Crippen molar-refractivity contribution < 1.29 is 0 Å². The van der Waals surface area contributed by atoms with E-state index in [1.54, 1.807) is 0 Å². The van der Waals surface area contributed by atoms with Gasteiger partial charge in [0.15, 0.2) is 0 Å². The molecular weight excluding hydrogens is 164 g/mol. The average molecular weight is 177 g/mol. The Morgan fingerprint density at radius 1 is 1.64 bits per heavy atom. The number of nitrogens with two attached hydrogens (primary N) is 1. The third kappa shape index (κ3) is 2.17. The lowest BCUT2D eigenvalue weighted by molar-refractivity contribution is 0.506. The highest BCUT2D eigenvalue weighted by atomic mass is 35.5. The zero-order valence-electron chi connectivity index (χ0n) is 6.69. The molecule has 0 amide bonds. The zero-order valence-corrected chi connectivity index (χ0v) is 7.51. The Balaban J connectivity index is 0.000001000. The first-order chi connectivity index (χ1) is 4.75. The van der Waals surface area contributed by atoms with E-state index in [4.69, 9.17) is 5.73 Å². The van der Waals surface area contributed by atoms with Gasteiger partial charge in [-0.1, -0.05) is 0 Å². The van der Waals surface area contributed by atoms with Gasteiger partial charge in [0, 0.05) is 6.04 Å². The predicted molar refractivity (Wildman–Crippen MR) is 45.5 cm³/mol. The Kier molecular flexibility index (Phi) is 4.07.